The van der Waals surface area contributed by atoms with E-state index >= 15 is 0 Å². The molecule has 0 aliphatic carbocycles. The van der Waals surface area contributed by atoms with Crippen molar-refractivity contribution in [3.05, 3.63) is 35.9 Å². The van der Waals surface area contributed by atoms with E-state index in [9.17, 15) is 8.42 Å². The highest BCUT2D eigenvalue weighted by molar-refractivity contribution is 7.87. The second-order valence-electron chi connectivity index (χ2n) is 5.57. The van der Waals surface area contributed by atoms with Gasteiger partial charge in [-0.05, 0) is 32.4 Å². The van der Waals surface area contributed by atoms with Crippen molar-refractivity contribution in [2.45, 2.75) is 38.3 Å². The zero-order valence-electron chi connectivity index (χ0n) is 12.7. The third-order valence-electron chi connectivity index (χ3n) is 3.95. The molecular weight excluding hydrogens is 286 g/mol. The quantitative estimate of drug-likeness (QED) is 0.840. The van der Waals surface area contributed by atoms with Crippen LogP contribution in [0.25, 0.3) is 0 Å². The molecule has 0 bridgehead atoms. The minimum atomic E-state index is -3.46. The van der Waals surface area contributed by atoms with E-state index in [1.54, 1.807) is 4.31 Å². The van der Waals surface area contributed by atoms with Crippen LogP contribution in [0.4, 0.5) is 0 Å². The molecule has 118 valence electrons. The molecular formula is C15H25N3O2S. The second kappa shape index (κ2) is 7.35. The summed E-state index contributed by atoms with van der Waals surface area (Å²) in [5.74, 6) is 0. The maximum atomic E-state index is 12.6. The smallest absolute Gasteiger partial charge is 0.280 e. The van der Waals surface area contributed by atoms with E-state index in [1.165, 1.54) is 0 Å². The first kappa shape index (κ1) is 16.4. The van der Waals surface area contributed by atoms with Gasteiger partial charge in [-0.2, -0.15) is 17.4 Å². The van der Waals surface area contributed by atoms with Crippen molar-refractivity contribution in [3.8, 4) is 0 Å². The molecule has 1 heterocycles. The molecule has 1 aliphatic rings. The van der Waals surface area contributed by atoms with Crippen LogP contribution in [0.15, 0.2) is 30.3 Å². The standard InChI is InChI=1S/C15H25N3O2S/c1-13(14-8-4-3-5-9-14)17-21(19,20)18-11-7-6-10-15(18)12-16-2/h3-5,8-9,13,15-17H,6-7,10-12H2,1-2H3. The SMILES string of the molecule is CNCC1CCCCN1S(=O)(=O)NC(C)c1ccccc1. The molecule has 0 aromatic heterocycles. The van der Waals surface area contributed by atoms with E-state index in [-0.39, 0.29) is 12.1 Å². The van der Waals surface area contributed by atoms with Crippen molar-refractivity contribution in [3.63, 3.8) is 0 Å². The topological polar surface area (TPSA) is 61.4 Å². The molecule has 2 N–H and O–H groups in total. The van der Waals surface area contributed by atoms with Crippen LogP contribution in [-0.2, 0) is 10.2 Å². The van der Waals surface area contributed by atoms with Gasteiger partial charge in [-0.1, -0.05) is 36.8 Å². The molecule has 5 nitrogen and oxygen atoms in total. The van der Waals surface area contributed by atoms with E-state index < -0.39 is 10.2 Å². The summed E-state index contributed by atoms with van der Waals surface area (Å²) in [6.45, 7) is 3.17. The van der Waals surface area contributed by atoms with Gasteiger partial charge in [0.2, 0.25) is 0 Å². The lowest BCUT2D eigenvalue weighted by Gasteiger charge is -2.35. The molecule has 1 fully saturated rings. The van der Waals surface area contributed by atoms with Gasteiger partial charge in [0.15, 0.2) is 0 Å². The molecule has 2 atom stereocenters. The summed E-state index contributed by atoms with van der Waals surface area (Å²) >= 11 is 0. The van der Waals surface area contributed by atoms with Gasteiger partial charge in [0, 0.05) is 25.2 Å². The lowest BCUT2D eigenvalue weighted by Crippen LogP contribution is -2.52. The third-order valence-corrected chi connectivity index (χ3v) is 5.70. The van der Waals surface area contributed by atoms with E-state index in [0.29, 0.717) is 13.1 Å². The van der Waals surface area contributed by atoms with Crippen molar-refractivity contribution in [1.82, 2.24) is 14.3 Å². The highest BCUT2D eigenvalue weighted by atomic mass is 32.2. The Morgan fingerprint density at radius 3 is 2.67 bits per heavy atom. The predicted molar refractivity (Wildman–Crippen MR) is 85.2 cm³/mol. The summed E-state index contributed by atoms with van der Waals surface area (Å²) in [5.41, 5.74) is 0.975. The fraction of sp³-hybridized carbons (Fsp3) is 0.600. The number of rotatable bonds is 6. The predicted octanol–water partition coefficient (Wildman–Crippen LogP) is 1.66. The van der Waals surface area contributed by atoms with E-state index in [1.807, 2.05) is 44.3 Å². The van der Waals surface area contributed by atoms with Crippen molar-refractivity contribution in [2.24, 2.45) is 0 Å². The molecule has 2 unspecified atom stereocenters. The Hall–Kier alpha value is -0.950. The first-order valence-corrected chi connectivity index (χ1v) is 8.97. The Morgan fingerprint density at radius 1 is 1.29 bits per heavy atom. The zero-order chi connectivity index (χ0) is 15.3. The normalized spacial score (nSPS) is 22.1. The Bertz CT molecular complexity index is 531. The molecule has 0 spiro atoms. The van der Waals surface area contributed by atoms with Gasteiger partial charge in [-0.15, -0.1) is 0 Å². The van der Waals surface area contributed by atoms with Gasteiger partial charge < -0.3 is 5.32 Å². The summed E-state index contributed by atoms with van der Waals surface area (Å²) in [5, 5.41) is 3.09. The van der Waals surface area contributed by atoms with E-state index in [4.69, 9.17) is 0 Å². The third kappa shape index (κ3) is 4.26. The molecule has 6 heteroatoms. The molecule has 0 radical (unpaired) electrons. The van der Waals surface area contributed by atoms with Gasteiger partial charge in [0.1, 0.15) is 0 Å². The fourth-order valence-electron chi connectivity index (χ4n) is 2.83. The summed E-state index contributed by atoms with van der Waals surface area (Å²) in [6.07, 6.45) is 2.94. The fourth-order valence-corrected chi connectivity index (χ4v) is 4.49. The Balaban J connectivity index is 2.09. The molecule has 0 saturated carbocycles. The van der Waals surface area contributed by atoms with Crippen LogP contribution in [-0.4, -0.2) is 38.9 Å². The van der Waals surface area contributed by atoms with E-state index in [2.05, 4.69) is 10.0 Å². The number of hydrogen-bond donors (Lipinski definition) is 2. The van der Waals surface area contributed by atoms with Crippen molar-refractivity contribution in [1.29, 1.82) is 0 Å². The average molecular weight is 311 g/mol. The van der Waals surface area contributed by atoms with Crippen LogP contribution in [0.1, 0.15) is 37.8 Å². The summed E-state index contributed by atoms with van der Waals surface area (Å²) in [7, 11) is -1.60. The first-order valence-electron chi connectivity index (χ1n) is 7.53. The number of piperidine rings is 1. The van der Waals surface area contributed by atoms with Crippen LogP contribution in [0.3, 0.4) is 0 Å². The highest BCUT2D eigenvalue weighted by Crippen LogP contribution is 2.21. The maximum absolute atomic E-state index is 12.6. The number of nitrogens with one attached hydrogen (secondary N) is 2. The van der Waals surface area contributed by atoms with Gasteiger partial charge >= 0.3 is 0 Å². The molecule has 2 rings (SSSR count). The minimum Gasteiger partial charge on any atom is -0.318 e. The zero-order valence-corrected chi connectivity index (χ0v) is 13.6. The molecule has 0 amide bonds. The molecule has 1 saturated heterocycles. The lowest BCUT2D eigenvalue weighted by molar-refractivity contribution is 0.245. The number of hydrogen-bond acceptors (Lipinski definition) is 3. The van der Waals surface area contributed by atoms with Crippen molar-refractivity contribution >= 4 is 10.2 Å². The average Bonchev–Trinajstić information content (AvgIpc) is 2.48. The Labute approximate surface area is 127 Å². The highest BCUT2D eigenvalue weighted by Gasteiger charge is 2.32. The van der Waals surface area contributed by atoms with Gasteiger partial charge in [-0.3, -0.25) is 0 Å². The van der Waals surface area contributed by atoms with Crippen LogP contribution in [0, 0.1) is 0 Å². The van der Waals surface area contributed by atoms with Crippen LogP contribution < -0.4 is 10.0 Å². The largest absolute Gasteiger partial charge is 0.318 e. The maximum Gasteiger partial charge on any atom is 0.280 e. The Kier molecular flexibility index (Phi) is 5.75. The summed E-state index contributed by atoms with van der Waals surface area (Å²) in [4.78, 5) is 0. The van der Waals surface area contributed by atoms with Crippen LogP contribution in [0.5, 0.6) is 0 Å². The van der Waals surface area contributed by atoms with Crippen LogP contribution in [0.2, 0.25) is 0 Å². The van der Waals surface area contributed by atoms with E-state index in [0.717, 1.165) is 24.8 Å². The lowest BCUT2D eigenvalue weighted by atomic mass is 10.1. The molecule has 21 heavy (non-hydrogen) atoms. The monoisotopic (exact) mass is 311 g/mol. The molecule has 1 aliphatic heterocycles. The molecule has 1 aromatic rings. The summed E-state index contributed by atoms with van der Waals surface area (Å²) in [6, 6.07) is 9.47. The van der Waals surface area contributed by atoms with Crippen molar-refractivity contribution in [2.75, 3.05) is 20.1 Å². The van der Waals surface area contributed by atoms with Gasteiger partial charge in [0.05, 0.1) is 0 Å². The van der Waals surface area contributed by atoms with Crippen molar-refractivity contribution < 1.29 is 8.42 Å². The summed E-state index contributed by atoms with van der Waals surface area (Å²) < 4.78 is 29.7. The van der Waals surface area contributed by atoms with Gasteiger partial charge in [0.25, 0.3) is 10.2 Å². The number of likely N-dealkylation sites (N-methyl/N-ethyl adjacent to an activating group) is 1. The minimum absolute atomic E-state index is 0.0456. The number of benzene rings is 1. The second-order valence-corrected chi connectivity index (χ2v) is 7.23. The first-order chi connectivity index (χ1) is 10.0. The Morgan fingerprint density at radius 2 is 2.00 bits per heavy atom. The number of nitrogens with zero attached hydrogens (tertiary/aromatic N) is 1. The van der Waals surface area contributed by atoms with Crippen LogP contribution >= 0.6 is 0 Å². The molecule has 1 aromatic carbocycles. The van der Waals surface area contributed by atoms with Gasteiger partial charge in [-0.25, -0.2) is 0 Å².